The van der Waals surface area contributed by atoms with Crippen LogP contribution in [0.3, 0.4) is 0 Å². The molecule has 3 aromatic rings. The average molecular weight is 559 g/mol. The van der Waals surface area contributed by atoms with E-state index in [2.05, 4.69) is 37.1 Å². The molecule has 2 aromatic carbocycles. The molecule has 0 unspecified atom stereocenters. The summed E-state index contributed by atoms with van der Waals surface area (Å²) in [6, 6.07) is 13.3. The van der Waals surface area contributed by atoms with Gasteiger partial charge < -0.3 is 26.0 Å². The fourth-order valence-corrected chi connectivity index (χ4v) is 3.78. The second kappa shape index (κ2) is 12.5. The van der Waals surface area contributed by atoms with Crippen molar-refractivity contribution in [1.82, 2.24) is 20.6 Å². The minimum atomic E-state index is -0.460. The van der Waals surface area contributed by atoms with Gasteiger partial charge in [0.25, 0.3) is 5.91 Å². The summed E-state index contributed by atoms with van der Waals surface area (Å²) in [5, 5.41) is 19.2. The number of rotatable bonds is 10. The molecule has 6 N–H and O–H groups in total. The molecule has 1 aromatic heterocycles. The van der Waals surface area contributed by atoms with Crippen LogP contribution in [0.15, 0.2) is 63.0 Å². The van der Waals surface area contributed by atoms with E-state index in [-0.39, 0.29) is 22.7 Å². The van der Waals surface area contributed by atoms with Gasteiger partial charge in [0.15, 0.2) is 5.11 Å². The Labute approximate surface area is 216 Å². The van der Waals surface area contributed by atoms with E-state index in [4.69, 9.17) is 23.1 Å². The fraction of sp³-hybridized carbons (Fsp3) is 0.250. The molecule has 0 radical (unpaired) electrons. The van der Waals surface area contributed by atoms with Crippen LogP contribution in [0.5, 0.6) is 0 Å². The van der Waals surface area contributed by atoms with Gasteiger partial charge in [0.05, 0.1) is 17.8 Å². The highest BCUT2D eigenvalue weighted by atomic mass is 79.9. The van der Waals surface area contributed by atoms with E-state index < -0.39 is 5.91 Å². The molecule has 1 heterocycles. The number of hydrazone groups is 1. The van der Waals surface area contributed by atoms with E-state index in [1.54, 1.807) is 19.2 Å². The van der Waals surface area contributed by atoms with Gasteiger partial charge in [0, 0.05) is 42.2 Å². The van der Waals surface area contributed by atoms with Gasteiger partial charge in [-0.3, -0.25) is 15.0 Å². The minimum Gasteiger partial charge on any atom is -0.395 e. The lowest BCUT2D eigenvalue weighted by atomic mass is 10.0. The van der Waals surface area contributed by atoms with Gasteiger partial charge in [-0.2, -0.15) is 5.10 Å². The summed E-state index contributed by atoms with van der Waals surface area (Å²) >= 11 is 8.24. The summed E-state index contributed by atoms with van der Waals surface area (Å²) in [6.07, 6.45) is 1.60. The summed E-state index contributed by atoms with van der Waals surface area (Å²) in [7, 11) is 0. The number of benzene rings is 2. The first-order chi connectivity index (χ1) is 16.8. The smallest absolute Gasteiger partial charge is 0.256 e. The number of amides is 1. The van der Waals surface area contributed by atoms with Crippen molar-refractivity contribution >= 4 is 55.8 Å². The van der Waals surface area contributed by atoms with Gasteiger partial charge in [0.1, 0.15) is 5.56 Å². The zero-order valence-corrected chi connectivity index (χ0v) is 21.6. The van der Waals surface area contributed by atoms with Crippen molar-refractivity contribution in [2.45, 2.75) is 13.5 Å². The molecular formula is C24H27BrN6O3S. The Hall–Kier alpha value is -3.12. The zero-order valence-electron chi connectivity index (χ0n) is 19.2. The third kappa shape index (κ3) is 7.18. The van der Waals surface area contributed by atoms with E-state index in [1.807, 2.05) is 41.0 Å². The molecule has 9 nitrogen and oxygen atoms in total. The average Bonchev–Trinajstić information content (AvgIpc) is 2.85. The Morgan fingerprint density at radius 2 is 1.91 bits per heavy atom. The fourth-order valence-electron chi connectivity index (χ4n) is 3.47. The standard InChI is InChI=1S/C24H27BrN6O3S/c1-15(29-30-24(26)35)17-4-7-21-19(12-17)22(33)20(23(34)28-9-8-27-10-11-32)14-31(21)13-16-2-5-18(25)6-3-16/h2-7,12,14,27,32H,8-11,13H2,1H3,(H,28,34)(H3,26,30,35)/b29-15+. The van der Waals surface area contributed by atoms with E-state index in [0.29, 0.717) is 48.4 Å². The highest BCUT2D eigenvalue weighted by Crippen LogP contribution is 2.18. The number of pyridine rings is 1. The summed E-state index contributed by atoms with van der Waals surface area (Å²) < 4.78 is 2.86. The first-order valence-electron chi connectivity index (χ1n) is 10.9. The Bertz CT molecular complexity index is 1310. The number of halogens is 1. The number of aliphatic hydroxyl groups excluding tert-OH is 1. The molecule has 0 aliphatic carbocycles. The van der Waals surface area contributed by atoms with Crippen LogP contribution >= 0.6 is 28.1 Å². The van der Waals surface area contributed by atoms with Crippen LogP contribution in [0, 0.1) is 0 Å². The van der Waals surface area contributed by atoms with Crippen LogP contribution in [0.2, 0.25) is 0 Å². The van der Waals surface area contributed by atoms with Crippen molar-refractivity contribution in [3.63, 3.8) is 0 Å². The minimum absolute atomic E-state index is 0.0109. The molecule has 0 aliphatic rings. The van der Waals surface area contributed by atoms with Crippen molar-refractivity contribution < 1.29 is 9.90 Å². The normalized spacial score (nSPS) is 11.5. The predicted molar refractivity (Wildman–Crippen MR) is 146 cm³/mol. The lowest BCUT2D eigenvalue weighted by Gasteiger charge is -2.15. The molecular weight excluding hydrogens is 532 g/mol. The van der Waals surface area contributed by atoms with Crippen molar-refractivity contribution in [2.75, 3.05) is 26.2 Å². The largest absolute Gasteiger partial charge is 0.395 e. The number of hydrogen-bond acceptors (Lipinski definition) is 6. The lowest BCUT2D eigenvalue weighted by molar-refractivity contribution is 0.0952. The SMILES string of the molecule is C/C(=N\NC(N)=S)c1ccc2c(c1)c(=O)c(C(=O)NCCNCCO)cn2Cc1ccc(Br)cc1. The number of nitrogens with two attached hydrogens (primary N) is 1. The number of aliphatic hydroxyl groups is 1. The Balaban J connectivity index is 2.03. The Kier molecular flexibility index (Phi) is 9.49. The van der Waals surface area contributed by atoms with Gasteiger partial charge >= 0.3 is 0 Å². The van der Waals surface area contributed by atoms with Crippen LogP contribution in [-0.2, 0) is 6.54 Å². The molecule has 0 aliphatic heterocycles. The van der Waals surface area contributed by atoms with Crippen LogP contribution in [0.25, 0.3) is 10.9 Å². The number of carbonyl (C=O) groups is 1. The molecule has 0 atom stereocenters. The zero-order chi connectivity index (χ0) is 25.4. The maximum atomic E-state index is 13.4. The third-order valence-corrected chi connectivity index (χ3v) is 5.84. The summed E-state index contributed by atoms with van der Waals surface area (Å²) in [5.74, 6) is -0.460. The Morgan fingerprint density at radius 3 is 2.60 bits per heavy atom. The third-order valence-electron chi connectivity index (χ3n) is 5.22. The molecule has 35 heavy (non-hydrogen) atoms. The molecule has 0 saturated heterocycles. The van der Waals surface area contributed by atoms with E-state index in [1.165, 1.54) is 0 Å². The summed E-state index contributed by atoms with van der Waals surface area (Å²) in [4.78, 5) is 26.3. The number of hydrogen-bond donors (Lipinski definition) is 5. The molecule has 0 bridgehead atoms. The van der Waals surface area contributed by atoms with E-state index in [0.717, 1.165) is 10.0 Å². The molecule has 0 fully saturated rings. The van der Waals surface area contributed by atoms with Crippen molar-refractivity contribution in [1.29, 1.82) is 0 Å². The summed E-state index contributed by atoms with van der Waals surface area (Å²) in [5.41, 5.74) is 10.7. The van der Waals surface area contributed by atoms with Crippen molar-refractivity contribution in [3.8, 4) is 0 Å². The first-order valence-corrected chi connectivity index (χ1v) is 12.1. The second-order valence-electron chi connectivity index (χ2n) is 7.76. The van der Waals surface area contributed by atoms with Crippen molar-refractivity contribution in [2.24, 2.45) is 10.8 Å². The second-order valence-corrected chi connectivity index (χ2v) is 9.12. The van der Waals surface area contributed by atoms with E-state index >= 15 is 0 Å². The molecule has 11 heteroatoms. The summed E-state index contributed by atoms with van der Waals surface area (Å²) in [6.45, 7) is 3.47. The monoisotopic (exact) mass is 558 g/mol. The number of thiocarbonyl (C=S) groups is 1. The van der Waals surface area contributed by atoms with Crippen LogP contribution in [0.4, 0.5) is 0 Å². The highest BCUT2D eigenvalue weighted by molar-refractivity contribution is 9.10. The number of aromatic nitrogens is 1. The molecule has 184 valence electrons. The van der Waals surface area contributed by atoms with Gasteiger partial charge in [-0.25, -0.2) is 0 Å². The van der Waals surface area contributed by atoms with Gasteiger partial charge in [-0.15, -0.1) is 0 Å². The van der Waals surface area contributed by atoms with Crippen LogP contribution < -0.4 is 27.2 Å². The maximum absolute atomic E-state index is 13.4. The quantitative estimate of drug-likeness (QED) is 0.111. The molecule has 1 amide bonds. The van der Waals surface area contributed by atoms with Gasteiger partial charge in [-0.05, 0) is 54.5 Å². The number of nitrogens with zero attached hydrogens (tertiary/aromatic N) is 2. The predicted octanol–water partition coefficient (Wildman–Crippen LogP) is 1.68. The number of carbonyl (C=O) groups excluding carboxylic acids is 1. The van der Waals surface area contributed by atoms with Gasteiger partial charge in [0.2, 0.25) is 5.43 Å². The number of fused-ring (bicyclic) bond motifs is 1. The van der Waals surface area contributed by atoms with Crippen LogP contribution in [0.1, 0.15) is 28.4 Å². The molecule has 0 spiro atoms. The number of nitrogens with one attached hydrogen (secondary N) is 3. The van der Waals surface area contributed by atoms with Crippen molar-refractivity contribution in [3.05, 3.63) is 80.0 Å². The van der Waals surface area contributed by atoms with Crippen LogP contribution in [-0.4, -0.2) is 52.6 Å². The van der Waals surface area contributed by atoms with Gasteiger partial charge in [-0.1, -0.05) is 34.1 Å². The Morgan fingerprint density at radius 1 is 1.17 bits per heavy atom. The highest BCUT2D eigenvalue weighted by Gasteiger charge is 2.16. The van der Waals surface area contributed by atoms with E-state index in [9.17, 15) is 9.59 Å². The molecule has 3 rings (SSSR count). The lowest BCUT2D eigenvalue weighted by Crippen LogP contribution is -2.35. The first kappa shape index (κ1) is 26.5. The topological polar surface area (TPSA) is 134 Å². The maximum Gasteiger partial charge on any atom is 0.256 e. The molecule has 0 saturated carbocycles.